The van der Waals surface area contributed by atoms with E-state index in [1.807, 2.05) is 48.5 Å². The number of rotatable bonds is 6. The van der Waals surface area contributed by atoms with E-state index >= 15 is 0 Å². The van der Waals surface area contributed by atoms with E-state index in [9.17, 15) is 9.59 Å². The lowest BCUT2D eigenvalue weighted by Gasteiger charge is -2.10. The predicted octanol–water partition coefficient (Wildman–Crippen LogP) is 5.14. The molecule has 0 atom stereocenters. The second-order valence-corrected chi connectivity index (χ2v) is 7.51. The molecule has 0 aliphatic carbocycles. The van der Waals surface area contributed by atoms with E-state index in [1.165, 1.54) is 0 Å². The molecule has 0 bridgehead atoms. The van der Waals surface area contributed by atoms with Gasteiger partial charge in [0.1, 0.15) is 0 Å². The van der Waals surface area contributed by atoms with E-state index in [0.29, 0.717) is 28.5 Å². The molecule has 0 saturated carbocycles. The number of carbonyl (C=O) groups excluding carboxylic acids is 2. The summed E-state index contributed by atoms with van der Waals surface area (Å²) in [5.41, 5.74) is 2.45. The zero-order valence-corrected chi connectivity index (χ0v) is 17.9. The molecule has 6 nitrogen and oxygen atoms in total. The summed E-state index contributed by atoms with van der Waals surface area (Å²) in [6, 6.07) is 23.8. The van der Waals surface area contributed by atoms with Crippen LogP contribution in [-0.4, -0.2) is 23.3 Å². The van der Waals surface area contributed by atoms with Gasteiger partial charge in [-0.2, -0.15) is 0 Å². The number of nitrogens with zero attached hydrogens (tertiary/aromatic N) is 1. The minimum Gasteiger partial charge on any atom is -0.436 e. The van der Waals surface area contributed by atoms with Gasteiger partial charge in [-0.25, -0.2) is 4.98 Å². The lowest BCUT2D eigenvalue weighted by molar-refractivity contribution is -0.115. The van der Waals surface area contributed by atoms with Crippen molar-refractivity contribution in [2.45, 2.75) is 0 Å². The van der Waals surface area contributed by atoms with Gasteiger partial charge in [0.05, 0.1) is 24.0 Å². The zero-order valence-electron chi connectivity index (χ0n) is 16.3. The van der Waals surface area contributed by atoms with Gasteiger partial charge in [0, 0.05) is 15.6 Å². The Bertz CT molecular complexity index is 1220. The molecule has 4 aromatic rings. The molecule has 2 amide bonds. The highest BCUT2D eigenvalue weighted by atomic mass is 79.9. The molecule has 154 valence electrons. The molecule has 4 rings (SSSR count). The molecular formula is C24H18BrN3O3. The van der Waals surface area contributed by atoms with Crippen molar-refractivity contribution in [3.63, 3.8) is 0 Å². The first-order chi connectivity index (χ1) is 15.1. The Morgan fingerprint density at radius 1 is 0.903 bits per heavy atom. The number of anilines is 1. The van der Waals surface area contributed by atoms with Crippen molar-refractivity contribution in [1.29, 1.82) is 0 Å². The molecule has 1 heterocycles. The van der Waals surface area contributed by atoms with Gasteiger partial charge in [-0.1, -0.05) is 54.6 Å². The van der Waals surface area contributed by atoms with Crippen molar-refractivity contribution in [1.82, 2.24) is 10.3 Å². The van der Waals surface area contributed by atoms with Crippen LogP contribution in [0, 0.1) is 0 Å². The van der Waals surface area contributed by atoms with Crippen LogP contribution in [0.15, 0.2) is 93.9 Å². The maximum absolute atomic E-state index is 12.8. The maximum atomic E-state index is 12.8. The Kier molecular flexibility index (Phi) is 6.24. The van der Waals surface area contributed by atoms with Gasteiger partial charge >= 0.3 is 0 Å². The van der Waals surface area contributed by atoms with E-state index in [-0.39, 0.29) is 12.5 Å². The second kappa shape index (κ2) is 9.40. The van der Waals surface area contributed by atoms with Gasteiger partial charge < -0.3 is 15.1 Å². The SMILES string of the molecule is O=C(CNC(=O)c1ccccc1-c1ncc(-c2ccccc2)o1)Nc1ccccc1Br. The minimum atomic E-state index is -0.391. The lowest BCUT2D eigenvalue weighted by Crippen LogP contribution is -2.33. The van der Waals surface area contributed by atoms with Crippen molar-refractivity contribution in [2.75, 3.05) is 11.9 Å². The van der Waals surface area contributed by atoms with Crippen molar-refractivity contribution in [2.24, 2.45) is 0 Å². The molecule has 0 saturated heterocycles. The van der Waals surface area contributed by atoms with Gasteiger partial charge in [-0.15, -0.1) is 0 Å². The van der Waals surface area contributed by atoms with E-state index in [4.69, 9.17) is 4.42 Å². The summed E-state index contributed by atoms with van der Waals surface area (Å²) in [5.74, 6) is 0.221. The number of para-hydroxylation sites is 1. The summed E-state index contributed by atoms with van der Waals surface area (Å²) in [6.07, 6.45) is 1.63. The molecule has 0 spiro atoms. The molecule has 7 heteroatoms. The quantitative estimate of drug-likeness (QED) is 0.404. The molecule has 1 aromatic heterocycles. The number of halogens is 1. The molecule has 31 heavy (non-hydrogen) atoms. The summed E-state index contributed by atoms with van der Waals surface area (Å²) < 4.78 is 6.65. The number of carbonyl (C=O) groups is 2. The van der Waals surface area contributed by atoms with Crippen molar-refractivity contribution in [3.05, 3.63) is 95.1 Å². The van der Waals surface area contributed by atoms with Gasteiger partial charge in [-0.05, 0) is 40.2 Å². The number of benzene rings is 3. The summed E-state index contributed by atoms with van der Waals surface area (Å²) in [4.78, 5) is 29.3. The van der Waals surface area contributed by atoms with Crippen LogP contribution in [0.2, 0.25) is 0 Å². The average Bonchev–Trinajstić information content (AvgIpc) is 3.30. The minimum absolute atomic E-state index is 0.171. The Hall–Kier alpha value is -3.71. The fourth-order valence-corrected chi connectivity index (χ4v) is 3.40. The van der Waals surface area contributed by atoms with E-state index in [1.54, 1.807) is 36.5 Å². The first-order valence-corrected chi connectivity index (χ1v) is 10.3. The van der Waals surface area contributed by atoms with Crippen molar-refractivity contribution in [3.8, 4) is 22.8 Å². The van der Waals surface area contributed by atoms with Crippen LogP contribution in [-0.2, 0) is 4.79 Å². The van der Waals surface area contributed by atoms with Crippen LogP contribution in [0.3, 0.4) is 0 Å². The van der Waals surface area contributed by atoms with E-state index in [2.05, 4.69) is 31.5 Å². The molecule has 3 aromatic carbocycles. The smallest absolute Gasteiger partial charge is 0.252 e. The topological polar surface area (TPSA) is 84.2 Å². The first kappa shape index (κ1) is 20.6. The number of oxazole rings is 1. The summed E-state index contributed by atoms with van der Waals surface area (Å²) in [6.45, 7) is -0.171. The number of hydrogen-bond donors (Lipinski definition) is 2. The van der Waals surface area contributed by atoms with Crippen molar-refractivity contribution < 1.29 is 14.0 Å². The van der Waals surface area contributed by atoms with Crippen molar-refractivity contribution >= 4 is 33.4 Å². The Labute approximate surface area is 187 Å². The van der Waals surface area contributed by atoms with Crippen LogP contribution >= 0.6 is 15.9 Å². The predicted molar refractivity (Wildman–Crippen MR) is 122 cm³/mol. The van der Waals surface area contributed by atoms with Crippen LogP contribution < -0.4 is 10.6 Å². The summed E-state index contributed by atoms with van der Waals surface area (Å²) in [5, 5.41) is 5.40. The third-order valence-electron chi connectivity index (χ3n) is 4.52. The number of aromatic nitrogens is 1. The van der Waals surface area contributed by atoms with Gasteiger partial charge in [-0.3, -0.25) is 9.59 Å². The van der Waals surface area contributed by atoms with E-state index in [0.717, 1.165) is 10.0 Å². The van der Waals surface area contributed by atoms with Gasteiger partial charge in [0.25, 0.3) is 5.91 Å². The highest BCUT2D eigenvalue weighted by Gasteiger charge is 2.17. The average molecular weight is 476 g/mol. The Balaban J connectivity index is 1.47. The second-order valence-electron chi connectivity index (χ2n) is 6.65. The van der Waals surface area contributed by atoms with Crippen LogP contribution in [0.4, 0.5) is 5.69 Å². The summed E-state index contributed by atoms with van der Waals surface area (Å²) >= 11 is 3.38. The fraction of sp³-hybridized carbons (Fsp3) is 0.0417. The zero-order chi connectivity index (χ0) is 21.6. The molecular weight excluding hydrogens is 458 g/mol. The van der Waals surface area contributed by atoms with Gasteiger partial charge in [0.2, 0.25) is 11.8 Å². The number of nitrogens with one attached hydrogen (secondary N) is 2. The monoisotopic (exact) mass is 475 g/mol. The first-order valence-electron chi connectivity index (χ1n) is 9.55. The normalized spacial score (nSPS) is 10.5. The third kappa shape index (κ3) is 4.90. The number of amides is 2. The van der Waals surface area contributed by atoms with Crippen LogP contribution in [0.1, 0.15) is 10.4 Å². The lowest BCUT2D eigenvalue weighted by atomic mass is 10.1. The highest BCUT2D eigenvalue weighted by Crippen LogP contribution is 2.28. The molecule has 0 radical (unpaired) electrons. The largest absolute Gasteiger partial charge is 0.436 e. The molecule has 0 fully saturated rings. The standard InChI is InChI=1S/C24H18BrN3O3/c25-19-12-6-7-13-20(19)28-22(29)15-26-23(30)17-10-4-5-11-18(17)24-27-14-21(31-24)16-8-2-1-3-9-16/h1-14H,15H2,(H,26,30)(H,28,29). The molecule has 2 N–H and O–H groups in total. The summed E-state index contributed by atoms with van der Waals surface area (Å²) in [7, 11) is 0. The Morgan fingerprint density at radius 3 is 2.42 bits per heavy atom. The highest BCUT2D eigenvalue weighted by molar-refractivity contribution is 9.10. The molecule has 0 aliphatic rings. The van der Waals surface area contributed by atoms with Crippen LogP contribution in [0.5, 0.6) is 0 Å². The van der Waals surface area contributed by atoms with Crippen LogP contribution in [0.25, 0.3) is 22.8 Å². The fourth-order valence-electron chi connectivity index (χ4n) is 3.01. The van der Waals surface area contributed by atoms with Gasteiger partial charge in [0.15, 0.2) is 5.76 Å². The third-order valence-corrected chi connectivity index (χ3v) is 5.22. The van der Waals surface area contributed by atoms with E-state index < -0.39 is 5.91 Å². The molecule has 0 unspecified atom stereocenters. The maximum Gasteiger partial charge on any atom is 0.252 e. The molecule has 0 aliphatic heterocycles. The number of hydrogen-bond acceptors (Lipinski definition) is 4. The Morgan fingerprint density at radius 2 is 1.61 bits per heavy atom.